The summed E-state index contributed by atoms with van der Waals surface area (Å²) in [5.41, 5.74) is 10.5. The van der Waals surface area contributed by atoms with Gasteiger partial charge in [-0.05, 0) is 75.6 Å². The molecular formula is C17H28N2. The summed E-state index contributed by atoms with van der Waals surface area (Å²) in [5, 5.41) is 0. The van der Waals surface area contributed by atoms with Crippen LogP contribution in [0.5, 0.6) is 0 Å². The third-order valence-electron chi connectivity index (χ3n) is 4.09. The Labute approximate surface area is 118 Å². The minimum absolute atomic E-state index is 0.0449. The zero-order chi connectivity index (χ0) is 13.9. The Kier molecular flexibility index (Phi) is 4.51. The first-order valence-corrected chi connectivity index (χ1v) is 7.57. The molecular weight excluding hydrogens is 232 g/mol. The van der Waals surface area contributed by atoms with E-state index in [1.165, 1.54) is 31.4 Å². The average molecular weight is 260 g/mol. The number of aryl methyl sites for hydroxylation is 2. The van der Waals surface area contributed by atoms with Crippen LogP contribution in [-0.4, -0.2) is 19.1 Å². The van der Waals surface area contributed by atoms with Crippen molar-refractivity contribution in [2.75, 3.05) is 18.5 Å². The number of nitrogens with zero attached hydrogens (tertiary/aromatic N) is 1. The van der Waals surface area contributed by atoms with Crippen molar-refractivity contribution in [1.29, 1.82) is 0 Å². The summed E-state index contributed by atoms with van der Waals surface area (Å²) >= 11 is 0. The normalized spacial score (nSPS) is 15.2. The Hall–Kier alpha value is -1.02. The molecule has 0 aromatic heterocycles. The van der Waals surface area contributed by atoms with Crippen molar-refractivity contribution in [3.63, 3.8) is 0 Å². The number of nitrogens with two attached hydrogens (primary N) is 1. The molecule has 0 heterocycles. The number of hydrogen-bond donors (Lipinski definition) is 1. The van der Waals surface area contributed by atoms with E-state index in [0.29, 0.717) is 0 Å². The number of rotatable bonds is 5. The molecule has 106 valence electrons. The molecule has 0 fully saturated rings. The van der Waals surface area contributed by atoms with Crippen LogP contribution in [0.1, 0.15) is 50.7 Å². The summed E-state index contributed by atoms with van der Waals surface area (Å²) < 4.78 is 0. The lowest BCUT2D eigenvalue weighted by Gasteiger charge is -2.25. The molecule has 1 aliphatic rings. The van der Waals surface area contributed by atoms with Gasteiger partial charge in [-0.1, -0.05) is 6.07 Å². The molecule has 2 rings (SSSR count). The van der Waals surface area contributed by atoms with Crippen LogP contribution < -0.4 is 10.6 Å². The smallest absolute Gasteiger partial charge is 0.0366 e. The zero-order valence-electron chi connectivity index (χ0n) is 12.7. The summed E-state index contributed by atoms with van der Waals surface area (Å²) in [6.45, 7) is 5.29. The maximum atomic E-state index is 6.03. The van der Waals surface area contributed by atoms with Crippen LogP contribution in [0, 0.1) is 0 Å². The molecule has 1 aromatic rings. The number of fused-ring (bicyclic) bond motifs is 1. The number of hydrogen-bond acceptors (Lipinski definition) is 2. The third-order valence-corrected chi connectivity index (χ3v) is 4.09. The number of anilines is 1. The van der Waals surface area contributed by atoms with Gasteiger partial charge < -0.3 is 10.6 Å². The Morgan fingerprint density at radius 2 is 1.84 bits per heavy atom. The van der Waals surface area contributed by atoms with E-state index in [-0.39, 0.29) is 5.54 Å². The minimum atomic E-state index is -0.0449. The number of benzene rings is 1. The molecule has 19 heavy (non-hydrogen) atoms. The van der Waals surface area contributed by atoms with Crippen LogP contribution in [0.15, 0.2) is 18.2 Å². The van der Waals surface area contributed by atoms with Crippen molar-refractivity contribution in [2.45, 2.75) is 57.9 Å². The predicted octanol–water partition coefficient (Wildman–Crippen LogP) is 3.52. The molecule has 0 spiro atoms. The second kappa shape index (κ2) is 5.96. The van der Waals surface area contributed by atoms with E-state index >= 15 is 0 Å². The van der Waals surface area contributed by atoms with E-state index in [1.807, 2.05) is 0 Å². The molecule has 2 nitrogen and oxygen atoms in total. The van der Waals surface area contributed by atoms with Crippen LogP contribution in [0.4, 0.5) is 5.69 Å². The molecule has 0 aliphatic heterocycles. The highest BCUT2D eigenvalue weighted by molar-refractivity contribution is 5.51. The fourth-order valence-electron chi connectivity index (χ4n) is 2.86. The monoisotopic (exact) mass is 260 g/mol. The van der Waals surface area contributed by atoms with Gasteiger partial charge in [0.1, 0.15) is 0 Å². The lowest BCUT2D eigenvalue weighted by molar-refractivity contribution is 0.460. The highest BCUT2D eigenvalue weighted by atomic mass is 15.1. The Bertz CT molecular complexity index is 418. The van der Waals surface area contributed by atoms with Gasteiger partial charge in [-0.15, -0.1) is 0 Å². The van der Waals surface area contributed by atoms with E-state index in [9.17, 15) is 0 Å². The highest BCUT2D eigenvalue weighted by Crippen LogP contribution is 2.26. The summed E-state index contributed by atoms with van der Waals surface area (Å²) in [6.07, 6.45) is 7.45. The van der Waals surface area contributed by atoms with Gasteiger partial charge in [0.05, 0.1) is 0 Å². The van der Waals surface area contributed by atoms with Gasteiger partial charge in [-0.3, -0.25) is 0 Å². The van der Waals surface area contributed by atoms with Crippen molar-refractivity contribution in [3.8, 4) is 0 Å². The first-order valence-electron chi connectivity index (χ1n) is 7.57. The van der Waals surface area contributed by atoms with Crippen molar-refractivity contribution in [3.05, 3.63) is 29.3 Å². The van der Waals surface area contributed by atoms with E-state index in [4.69, 9.17) is 5.73 Å². The predicted molar refractivity (Wildman–Crippen MR) is 83.9 cm³/mol. The SMILES string of the molecule is CN(CCCC(C)(C)N)c1ccc2c(c1)CCCC2. The molecule has 0 atom stereocenters. The van der Waals surface area contributed by atoms with E-state index in [2.05, 4.69) is 44.0 Å². The molecule has 2 heteroatoms. The lowest BCUT2D eigenvalue weighted by atomic mass is 9.91. The van der Waals surface area contributed by atoms with Crippen molar-refractivity contribution in [1.82, 2.24) is 0 Å². The second-order valence-corrected chi connectivity index (χ2v) is 6.67. The molecule has 0 saturated carbocycles. The Morgan fingerprint density at radius 3 is 2.53 bits per heavy atom. The molecule has 1 aromatic carbocycles. The summed E-state index contributed by atoms with van der Waals surface area (Å²) in [4.78, 5) is 2.36. The first kappa shape index (κ1) is 14.4. The topological polar surface area (TPSA) is 29.3 Å². The van der Waals surface area contributed by atoms with Crippen molar-refractivity contribution in [2.24, 2.45) is 5.73 Å². The lowest BCUT2D eigenvalue weighted by Crippen LogP contribution is -2.33. The Morgan fingerprint density at radius 1 is 1.16 bits per heavy atom. The van der Waals surface area contributed by atoms with Gasteiger partial charge in [-0.25, -0.2) is 0 Å². The van der Waals surface area contributed by atoms with Gasteiger partial charge in [-0.2, -0.15) is 0 Å². The Balaban J connectivity index is 1.94. The largest absolute Gasteiger partial charge is 0.375 e. The quantitative estimate of drug-likeness (QED) is 0.877. The van der Waals surface area contributed by atoms with Gasteiger partial charge in [0, 0.05) is 24.8 Å². The minimum Gasteiger partial charge on any atom is -0.375 e. The van der Waals surface area contributed by atoms with Gasteiger partial charge in [0.25, 0.3) is 0 Å². The van der Waals surface area contributed by atoms with Crippen molar-refractivity contribution < 1.29 is 0 Å². The third kappa shape index (κ3) is 4.24. The van der Waals surface area contributed by atoms with E-state index < -0.39 is 0 Å². The van der Waals surface area contributed by atoms with Gasteiger partial charge in [0.2, 0.25) is 0 Å². The maximum Gasteiger partial charge on any atom is 0.0366 e. The standard InChI is InChI=1S/C17H28N2/c1-17(2,18)11-6-12-19(3)16-10-9-14-7-4-5-8-15(14)13-16/h9-10,13H,4-8,11-12,18H2,1-3H3. The van der Waals surface area contributed by atoms with Crippen LogP contribution in [0.25, 0.3) is 0 Å². The molecule has 0 radical (unpaired) electrons. The highest BCUT2D eigenvalue weighted by Gasteiger charge is 2.13. The first-order chi connectivity index (χ1) is 8.96. The summed E-state index contributed by atoms with van der Waals surface area (Å²) in [6, 6.07) is 6.99. The second-order valence-electron chi connectivity index (χ2n) is 6.67. The van der Waals surface area contributed by atoms with Crippen molar-refractivity contribution >= 4 is 5.69 Å². The average Bonchev–Trinajstić information content (AvgIpc) is 2.36. The fourth-order valence-corrected chi connectivity index (χ4v) is 2.86. The summed E-state index contributed by atoms with van der Waals surface area (Å²) in [7, 11) is 2.19. The molecule has 0 saturated heterocycles. The van der Waals surface area contributed by atoms with E-state index in [0.717, 1.165) is 19.4 Å². The van der Waals surface area contributed by atoms with Gasteiger partial charge in [0.15, 0.2) is 0 Å². The maximum absolute atomic E-state index is 6.03. The van der Waals surface area contributed by atoms with Crippen LogP contribution >= 0.6 is 0 Å². The van der Waals surface area contributed by atoms with Crippen LogP contribution in [0.3, 0.4) is 0 Å². The molecule has 0 bridgehead atoms. The van der Waals surface area contributed by atoms with Crippen LogP contribution in [0.2, 0.25) is 0 Å². The van der Waals surface area contributed by atoms with Gasteiger partial charge >= 0.3 is 0 Å². The fraction of sp³-hybridized carbons (Fsp3) is 0.647. The van der Waals surface area contributed by atoms with Crippen LogP contribution in [-0.2, 0) is 12.8 Å². The zero-order valence-corrected chi connectivity index (χ0v) is 12.7. The molecule has 2 N–H and O–H groups in total. The molecule has 0 unspecified atom stereocenters. The van der Waals surface area contributed by atoms with E-state index in [1.54, 1.807) is 11.1 Å². The molecule has 1 aliphatic carbocycles. The molecule has 0 amide bonds. The summed E-state index contributed by atoms with van der Waals surface area (Å²) in [5.74, 6) is 0.